The molecule has 1 aliphatic heterocycles. The van der Waals surface area contributed by atoms with Crippen molar-refractivity contribution in [2.75, 3.05) is 51.9 Å². The minimum atomic E-state index is -1.50. The molecule has 2 heterocycles. The number of hydrogen-bond acceptors (Lipinski definition) is 9. The van der Waals surface area contributed by atoms with E-state index >= 15 is 0 Å². The molecule has 1 saturated heterocycles. The topological polar surface area (TPSA) is 103 Å². The summed E-state index contributed by atoms with van der Waals surface area (Å²) in [4.78, 5) is 10.6. The van der Waals surface area contributed by atoms with Crippen LogP contribution in [-0.4, -0.2) is 86.6 Å². The van der Waals surface area contributed by atoms with Crippen LogP contribution >= 0.6 is 11.6 Å². The lowest BCUT2D eigenvalue weighted by atomic mass is 10.1. The maximum atomic E-state index is 14.5. The minimum Gasteiger partial charge on any atom is -0.493 e. The van der Waals surface area contributed by atoms with E-state index in [1.54, 1.807) is 36.4 Å². The number of hydrogen-bond donors (Lipinski definition) is 2. The van der Waals surface area contributed by atoms with Crippen LogP contribution in [0.3, 0.4) is 0 Å². The molecule has 38 heavy (non-hydrogen) atoms. The van der Waals surface area contributed by atoms with Gasteiger partial charge in [0.05, 0.1) is 23.3 Å². The first-order valence-electron chi connectivity index (χ1n) is 12.2. The third-order valence-electron chi connectivity index (χ3n) is 6.19. The molecule has 1 fully saturated rings. The number of rotatable bonds is 11. The first-order valence-corrected chi connectivity index (χ1v) is 13.9. The molecule has 0 amide bonds. The van der Waals surface area contributed by atoms with Crippen molar-refractivity contribution in [2.45, 2.75) is 25.4 Å². The Balaban J connectivity index is 1.45. The summed E-state index contributed by atoms with van der Waals surface area (Å²) in [7, 11) is 3.96. The van der Waals surface area contributed by atoms with Crippen LogP contribution in [0, 0.1) is 5.82 Å². The highest BCUT2D eigenvalue weighted by molar-refractivity contribution is 7.82. The second kappa shape index (κ2) is 13.0. The van der Waals surface area contributed by atoms with Crippen LogP contribution in [0.2, 0.25) is 5.02 Å². The Kier molecular flexibility index (Phi) is 9.69. The molecule has 2 aromatic carbocycles. The number of ether oxygens (including phenoxy) is 2. The summed E-state index contributed by atoms with van der Waals surface area (Å²) >= 11 is 5.93. The van der Waals surface area contributed by atoms with E-state index in [4.69, 9.17) is 21.1 Å². The molecule has 0 saturated carbocycles. The molecule has 3 aromatic rings. The molecular weight excluding hydrogens is 535 g/mol. The van der Waals surface area contributed by atoms with Crippen molar-refractivity contribution in [3.8, 4) is 11.5 Å². The maximum absolute atomic E-state index is 14.5. The number of fused-ring (bicyclic) bond motifs is 1. The normalized spacial score (nSPS) is 15.8. The highest BCUT2D eigenvalue weighted by Gasteiger charge is 2.27. The highest BCUT2D eigenvalue weighted by atomic mass is 35.5. The Morgan fingerprint density at radius 1 is 1.24 bits per heavy atom. The van der Waals surface area contributed by atoms with Gasteiger partial charge in [0.15, 0.2) is 17.3 Å². The lowest BCUT2D eigenvalue weighted by molar-refractivity contribution is -0.175. The fourth-order valence-electron chi connectivity index (χ4n) is 4.17. The van der Waals surface area contributed by atoms with Gasteiger partial charge in [-0.3, -0.25) is 5.21 Å². The Hall–Kier alpha value is -2.61. The second-order valence-corrected chi connectivity index (χ2v) is 11.0. The first-order chi connectivity index (χ1) is 18.3. The van der Waals surface area contributed by atoms with Gasteiger partial charge in [0.25, 0.3) is 0 Å². The van der Waals surface area contributed by atoms with Gasteiger partial charge in [0, 0.05) is 30.3 Å². The zero-order valence-corrected chi connectivity index (χ0v) is 23.1. The quantitative estimate of drug-likeness (QED) is 0.330. The number of nitrogens with one attached hydrogen (secondary N) is 1. The molecule has 0 spiro atoms. The smallest absolute Gasteiger partial charge is 0.165 e. The van der Waals surface area contributed by atoms with E-state index in [1.807, 2.05) is 19.0 Å². The van der Waals surface area contributed by atoms with Crippen LogP contribution in [0.5, 0.6) is 11.5 Å². The summed E-state index contributed by atoms with van der Waals surface area (Å²) < 4.78 is 39.6. The lowest BCUT2D eigenvalue weighted by Crippen LogP contribution is -2.48. The first kappa shape index (κ1) is 28.4. The molecule has 13 heteroatoms. The van der Waals surface area contributed by atoms with Crippen molar-refractivity contribution in [1.82, 2.24) is 24.5 Å². The number of halogens is 2. The van der Waals surface area contributed by atoms with Crippen molar-refractivity contribution in [1.29, 1.82) is 0 Å². The molecule has 4 rings (SSSR count). The number of anilines is 2. The standard InChI is InChI=1S/C25H32ClFN6O4S/c1-31(2)10-5-13-38(35)33(34)32-11-8-17(9-12-32)37-23-14-18-21(15-22(23)36-3)28-16-29-25(18)30-20-7-4-6-19(26)24(20)27/h4,6-7,14-17,34H,5,8-13H2,1-3H3,(H,28,29,30). The van der Waals surface area contributed by atoms with Gasteiger partial charge < -0.3 is 19.7 Å². The molecule has 0 aliphatic carbocycles. The fourth-order valence-corrected chi connectivity index (χ4v) is 5.30. The third kappa shape index (κ3) is 6.87. The van der Waals surface area contributed by atoms with Crippen molar-refractivity contribution in [3.63, 3.8) is 0 Å². The zero-order valence-electron chi connectivity index (χ0n) is 21.6. The van der Waals surface area contributed by atoms with E-state index in [2.05, 4.69) is 15.3 Å². The molecule has 1 aromatic heterocycles. The van der Waals surface area contributed by atoms with Crippen molar-refractivity contribution in [2.24, 2.45) is 0 Å². The van der Waals surface area contributed by atoms with Gasteiger partial charge in [0.2, 0.25) is 0 Å². The van der Waals surface area contributed by atoms with E-state index < -0.39 is 16.8 Å². The summed E-state index contributed by atoms with van der Waals surface area (Å²) in [5, 5.41) is 15.7. The van der Waals surface area contributed by atoms with Gasteiger partial charge in [-0.2, -0.15) is 0 Å². The Bertz CT molecular complexity index is 1280. The van der Waals surface area contributed by atoms with Crippen LogP contribution in [-0.2, 0) is 11.0 Å². The average molecular weight is 567 g/mol. The molecule has 1 atom stereocenters. The van der Waals surface area contributed by atoms with Gasteiger partial charge in [-0.1, -0.05) is 17.7 Å². The van der Waals surface area contributed by atoms with Crippen molar-refractivity contribution < 1.29 is 23.3 Å². The molecular formula is C25H32ClFN6O4S. The molecule has 206 valence electrons. The summed E-state index contributed by atoms with van der Waals surface area (Å²) in [6, 6.07) is 8.20. The number of piperidine rings is 1. The number of aromatic nitrogens is 2. The largest absolute Gasteiger partial charge is 0.493 e. The van der Waals surface area contributed by atoms with Gasteiger partial charge in [-0.05, 0) is 62.7 Å². The second-order valence-electron chi connectivity index (χ2n) is 9.17. The number of methoxy groups -OCH3 is 1. The van der Waals surface area contributed by atoms with Crippen molar-refractivity contribution >= 4 is 45.0 Å². The van der Waals surface area contributed by atoms with Crippen LogP contribution in [0.1, 0.15) is 19.3 Å². The monoisotopic (exact) mass is 566 g/mol. The summed E-state index contributed by atoms with van der Waals surface area (Å²) in [6.45, 7) is 1.78. The van der Waals surface area contributed by atoms with E-state index in [0.29, 0.717) is 59.9 Å². The Morgan fingerprint density at radius 3 is 2.71 bits per heavy atom. The molecule has 0 bridgehead atoms. The summed E-state index contributed by atoms with van der Waals surface area (Å²) in [5.41, 5.74) is 0.785. The number of hydrazine groups is 1. The fraction of sp³-hybridized carbons (Fsp3) is 0.440. The van der Waals surface area contributed by atoms with Crippen LogP contribution in [0.15, 0.2) is 36.7 Å². The zero-order chi connectivity index (χ0) is 27.2. The SMILES string of the molecule is COc1cc2ncnc(Nc3cccc(Cl)c3F)c2cc1OC1CCN(N(O)S(=O)CCCN(C)C)CC1. The maximum Gasteiger partial charge on any atom is 0.165 e. The van der Waals surface area contributed by atoms with E-state index in [1.165, 1.54) is 12.4 Å². The number of benzene rings is 2. The van der Waals surface area contributed by atoms with Crippen LogP contribution in [0.4, 0.5) is 15.9 Å². The summed E-state index contributed by atoms with van der Waals surface area (Å²) in [6.07, 6.45) is 3.17. The predicted molar refractivity (Wildman–Crippen MR) is 146 cm³/mol. The molecule has 1 unspecified atom stereocenters. The van der Waals surface area contributed by atoms with E-state index in [9.17, 15) is 13.8 Å². The molecule has 0 radical (unpaired) electrons. The Labute approximate surface area is 228 Å². The Morgan fingerprint density at radius 2 is 2.00 bits per heavy atom. The predicted octanol–water partition coefficient (Wildman–Crippen LogP) is 4.24. The van der Waals surface area contributed by atoms with Crippen molar-refractivity contribution in [3.05, 3.63) is 47.5 Å². The molecule has 2 N–H and O–H groups in total. The lowest BCUT2D eigenvalue weighted by Gasteiger charge is -2.35. The average Bonchev–Trinajstić information content (AvgIpc) is 2.91. The number of nitrogens with zero attached hydrogens (tertiary/aromatic N) is 5. The third-order valence-corrected chi connectivity index (χ3v) is 7.71. The molecule has 10 nitrogen and oxygen atoms in total. The van der Waals surface area contributed by atoms with Gasteiger partial charge in [0.1, 0.15) is 29.2 Å². The molecule has 1 aliphatic rings. The van der Waals surface area contributed by atoms with E-state index in [0.717, 1.165) is 17.5 Å². The van der Waals surface area contributed by atoms with Crippen LogP contribution in [0.25, 0.3) is 10.9 Å². The highest BCUT2D eigenvalue weighted by Crippen LogP contribution is 2.37. The van der Waals surface area contributed by atoms with E-state index in [-0.39, 0.29) is 16.8 Å². The van der Waals surface area contributed by atoms with Crippen LogP contribution < -0.4 is 14.8 Å². The van der Waals surface area contributed by atoms with Gasteiger partial charge in [-0.15, -0.1) is 0 Å². The summed E-state index contributed by atoms with van der Waals surface area (Å²) in [5.74, 6) is 1.21. The minimum absolute atomic E-state index is 0.00392. The van der Waals surface area contributed by atoms with Gasteiger partial charge >= 0.3 is 0 Å². The van der Waals surface area contributed by atoms with Gasteiger partial charge in [-0.25, -0.2) is 23.6 Å².